The molecule has 6 heteroatoms. The molecule has 1 aromatic heterocycles. The molecule has 0 spiro atoms. The fraction of sp³-hybridized carbons (Fsp3) is 0.778. The number of methoxy groups -OCH3 is 1. The normalized spacial score (nSPS) is 13.4. The van der Waals surface area contributed by atoms with Crippen LogP contribution in [0.2, 0.25) is 0 Å². The molecule has 0 aliphatic heterocycles. The van der Waals surface area contributed by atoms with E-state index in [-0.39, 0.29) is 6.04 Å². The molecule has 1 rings (SSSR count). The van der Waals surface area contributed by atoms with E-state index in [0.29, 0.717) is 31.3 Å². The standard InChI is InChI=1S/C9H18N4O2/c1-13(2)5-8-11-9(15-12-8)4-7(10)6-14-3/h7H,4-6,10H2,1-3H3. The molecule has 15 heavy (non-hydrogen) atoms. The van der Waals surface area contributed by atoms with Gasteiger partial charge in [0.15, 0.2) is 5.82 Å². The van der Waals surface area contributed by atoms with E-state index < -0.39 is 0 Å². The van der Waals surface area contributed by atoms with Crippen LogP contribution in [0.5, 0.6) is 0 Å². The second-order valence-corrected chi connectivity index (χ2v) is 3.76. The van der Waals surface area contributed by atoms with Gasteiger partial charge in [-0.05, 0) is 14.1 Å². The van der Waals surface area contributed by atoms with Crippen LogP contribution in [0.25, 0.3) is 0 Å². The van der Waals surface area contributed by atoms with Crippen LogP contribution in [0.4, 0.5) is 0 Å². The van der Waals surface area contributed by atoms with Crippen LogP contribution in [0, 0.1) is 0 Å². The van der Waals surface area contributed by atoms with E-state index in [1.54, 1.807) is 7.11 Å². The minimum atomic E-state index is -0.0948. The number of rotatable bonds is 6. The van der Waals surface area contributed by atoms with Crippen molar-refractivity contribution in [3.05, 3.63) is 11.7 Å². The maximum Gasteiger partial charge on any atom is 0.228 e. The number of nitrogens with zero attached hydrogens (tertiary/aromatic N) is 3. The van der Waals surface area contributed by atoms with E-state index >= 15 is 0 Å². The molecule has 0 aliphatic carbocycles. The molecule has 0 aliphatic rings. The average Bonchev–Trinajstić information content (AvgIpc) is 2.51. The van der Waals surface area contributed by atoms with E-state index in [4.69, 9.17) is 15.0 Å². The highest BCUT2D eigenvalue weighted by molar-refractivity contribution is 4.88. The Morgan fingerprint density at radius 3 is 2.87 bits per heavy atom. The maximum atomic E-state index is 5.76. The molecule has 1 heterocycles. The van der Waals surface area contributed by atoms with Gasteiger partial charge in [-0.3, -0.25) is 0 Å². The fourth-order valence-electron chi connectivity index (χ4n) is 1.22. The number of hydrogen-bond donors (Lipinski definition) is 1. The predicted octanol–water partition coefficient (Wildman–Crippen LogP) is -0.353. The van der Waals surface area contributed by atoms with Gasteiger partial charge in [-0.25, -0.2) is 0 Å². The van der Waals surface area contributed by atoms with Crippen molar-refractivity contribution in [3.63, 3.8) is 0 Å². The zero-order valence-electron chi connectivity index (χ0n) is 9.43. The molecule has 0 amide bonds. The van der Waals surface area contributed by atoms with Gasteiger partial charge in [-0.2, -0.15) is 4.98 Å². The van der Waals surface area contributed by atoms with Crippen LogP contribution in [-0.2, 0) is 17.7 Å². The zero-order chi connectivity index (χ0) is 11.3. The van der Waals surface area contributed by atoms with Crippen LogP contribution in [0.1, 0.15) is 11.7 Å². The summed E-state index contributed by atoms with van der Waals surface area (Å²) in [5, 5.41) is 3.85. The maximum absolute atomic E-state index is 5.76. The minimum absolute atomic E-state index is 0.0948. The Morgan fingerprint density at radius 1 is 1.53 bits per heavy atom. The molecule has 6 nitrogen and oxygen atoms in total. The molecule has 1 atom stereocenters. The first kappa shape index (κ1) is 12.1. The van der Waals surface area contributed by atoms with Crippen molar-refractivity contribution in [1.82, 2.24) is 15.0 Å². The van der Waals surface area contributed by atoms with Crippen molar-refractivity contribution < 1.29 is 9.26 Å². The molecule has 0 radical (unpaired) electrons. The second-order valence-electron chi connectivity index (χ2n) is 3.76. The summed E-state index contributed by atoms with van der Waals surface area (Å²) in [6.45, 7) is 1.16. The molecule has 0 fully saturated rings. The van der Waals surface area contributed by atoms with Gasteiger partial charge in [-0.15, -0.1) is 0 Å². The Kier molecular flexibility index (Phi) is 4.67. The number of hydrogen-bond acceptors (Lipinski definition) is 6. The lowest BCUT2D eigenvalue weighted by molar-refractivity contribution is 0.176. The summed E-state index contributed by atoms with van der Waals surface area (Å²) in [5.74, 6) is 1.25. The van der Waals surface area contributed by atoms with Crippen LogP contribution in [0.15, 0.2) is 4.52 Å². The number of ether oxygens (including phenoxy) is 1. The molecular formula is C9H18N4O2. The summed E-state index contributed by atoms with van der Waals surface area (Å²) in [6, 6.07) is -0.0948. The van der Waals surface area contributed by atoms with Crippen LogP contribution >= 0.6 is 0 Å². The number of aromatic nitrogens is 2. The summed E-state index contributed by atoms with van der Waals surface area (Å²) in [7, 11) is 5.52. The predicted molar refractivity (Wildman–Crippen MR) is 55.2 cm³/mol. The molecule has 0 saturated heterocycles. The zero-order valence-corrected chi connectivity index (χ0v) is 9.43. The lowest BCUT2D eigenvalue weighted by atomic mass is 10.2. The molecule has 0 aromatic carbocycles. The summed E-state index contributed by atoms with van der Waals surface area (Å²) in [4.78, 5) is 6.19. The average molecular weight is 214 g/mol. The molecule has 0 bridgehead atoms. The molecule has 1 unspecified atom stereocenters. The van der Waals surface area contributed by atoms with Crippen LogP contribution in [0.3, 0.4) is 0 Å². The van der Waals surface area contributed by atoms with Gasteiger partial charge in [0.1, 0.15) is 0 Å². The molecule has 0 saturated carbocycles. The van der Waals surface area contributed by atoms with Crippen molar-refractivity contribution in [2.24, 2.45) is 5.73 Å². The van der Waals surface area contributed by atoms with Crippen molar-refractivity contribution in [3.8, 4) is 0 Å². The highest BCUT2D eigenvalue weighted by Gasteiger charge is 2.11. The van der Waals surface area contributed by atoms with Crippen molar-refractivity contribution in [2.75, 3.05) is 27.8 Å². The second kappa shape index (κ2) is 5.79. The van der Waals surface area contributed by atoms with Gasteiger partial charge in [0.05, 0.1) is 13.2 Å². The summed E-state index contributed by atoms with van der Waals surface area (Å²) in [5.41, 5.74) is 5.76. The number of nitrogens with two attached hydrogens (primary N) is 1. The van der Waals surface area contributed by atoms with Crippen molar-refractivity contribution >= 4 is 0 Å². The van der Waals surface area contributed by atoms with Gasteiger partial charge >= 0.3 is 0 Å². The Labute approximate surface area is 89.4 Å². The lowest BCUT2D eigenvalue weighted by Crippen LogP contribution is -2.28. The van der Waals surface area contributed by atoms with Gasteiger partial charge in [0, 0.05) is 19.6 Å². The van der Waals surface area contributed by atoms with Crippen LogP contribution < -0.4 is 5.73 Å². The third kappa shape index (κ3) is 4.37. The van der Waals surface area contributed by atoms with Gasteiger partial charge in [0.25, 0.3) is 0 Å². The van der Waals surface area contributed by atoms with Crippen LogP contribution in [-0.4, -0.2) is 48.9 Å². The van der Waals surface area contributed by atoms with Gasteiger partial charge in [0.2, 0.25) is 5.89 Å². The van der Waals surface area contributed by atoms with E-state index in [0.717, 1.165) is 0 Å². The topological polar surface area (TPSA) is 77.4 Å². The van der Waals surface area contributed by atoms with E-state index in [1.165, 1.54) is 0 Å². The highest BCUT2D eigenvalue weighted by Crippen LogP contribution is 2.02. The largest absolute Gasteiger partial charge is 0.383 e. The first-order chi connectivity index (χ1) is 7.11. The Hall–Kier alpha value is -0.980. The van der Waals surface area contributed by atoms with Gasteiger partial charge < -0.3 is 19.9 Å². The van der Waals surface area contributed by atoms with E-state index in [2.05, 4.69) is 10.1 Å². The van der Waals surface area contributed by atoms with Crippen molar-refractivity contribution in [2.45, 2.75) is 19.0 Å². The molecule has 1 aromatic rings. The van der Waals surface area contributed by atoms with E-state index in [9.17, 15) is 0 Å². The van der Waals surface area contributed by atoms with Gasteiger partial charge in [-0.1, -0.05) is 5.16 Å². The quantitative estimate of drug-likeness (QED) is 0.697. The van der Waals surface area contributed by atoms with Crippen molar-refractivity contribution in [1.29, 1.82) is 0 Å². The molecular weight excluding hydrogens is 196 g/mol. The summed E-state index contributed by atoms with van der Waals surface area (Å²) in [6.07, 6.45) is 0.550. The summed E-state index contributed by atoms with van der Waals surface area (Å²) >= 11 is 0. The lowest BCUT2D eigenvalue weighted by Gasteiger charge is -2.06. The fourth-order valence-corrected chi connectivity index (χ4v) is 1.22. The molecule has 86 valence electrons. The SMILES string of the molecule is COCC(N)Cc1nc(CN(C)C)no1. The smallest absolute Gasteiger partial charge is 0.228 e. The Bertz CT molecular complexity index is 287. The summed E-state index contributed by atoms with van der Waals surface area (Å²) < 4.78 is 9.98. The highest BCUT2D eigenvalue weighted by atomic mass is 16.5. The first-order valence-corrected chi connectivity index (χ1v) is 4.82. The Morgan fingerprint density at radius 2 is 2.27 bits per heavy atom. The third-order valence-corrected chi connectivity index (χ3v) is 1.79. The minimum Gasteiger partial charge on any atom is -0.383 e. The first-order valence-electron chi connectivity index (χ1n) is 4.82. The Balaban J connectivity index is 2.45. The molecule has 2 N–H and O–H groups in total. The third-order valence-electron chi connectivity index (χ3n) is 1.79. The van der Waals surface area contributed by atoms with E-state index in [1.807, 2.05) is 19.0 Å². The monoisotopic (exact) mass is 214 g/mol.